The number of urea groups is 1. The maximum absolute atomic E-state index is 11.9. The molecule has 0 aliphatic carbocycles. The first-order valence-corrected chi connectivity index (χ1v) is 6.49. The van der Waals surface area contributed by atoms with Crippen LogP contribution in [0, 0.1) is 0 Å². The van der Waals surface area contributed by atoms with Gasteiger partial charge in [-0.2, -0.15) is 12.6 Å². The molecule has 2 atom stereocenters. The fourth-order valence-corrected chi connectivity index (χ4v) is 2.42. The van der Waals surface area contributed by atoms with Gasteiger partial charge in [0.2, 0.25) is 0 Å². The zero-order valence-corrected chi connectivity index (χ0v) is 11.8. The molecular weight excluding hydrogens is 284 g/mol. The number of nitrogens with zero attached hydrogens (tertiary/aromatic N) is 2. The Morgan fingerprint density at radius 2 is 2.35 bits per heavy atom. The summed E-state index contributed by atoms with van der Waals surface area (Å²) in [5.41, 5.74) is 4.96. The molecule has 20 heavy (non-hydrogen) atoms. The highest BCUT2D eigenvalue weighted by Gasteiger charge is 2.35. The normalized spacial score (nSPS) is 22.4. The second-order valence-corrected chi connectivity index (χ2v) is 5.03. The zero-order valence-electron chi connectivity index (χ0n) is 10.9. The summed E-state index contributed by atoms with van der Waals surface area (Å²) in [5.74, 6) is -0.00791. The lowest BCUT2D eigenvalue weighted by Gasteiger charge is -2.23. The topological polar surface area (TPSA) is 117 Å². The van der Waals surface area contributed by atoms with Crippen molar-refractivity contribution in [3.8, 4) is 0 Å². The fraction of sp³-hybridized carbons (Fsp3) is 0.545. The average Bonchev–Trinajstić information content (AvgIpc) is 2.75. The molecule has 1 rings (SSSR count). The Morgan fingerprint density at radius 3 is 2.90 bits per heavy atom. The predicted octanol–water partition coefficient (Wildman–Crippen LogP) is 0.528. The number of amides is 3. The molecule has 1 fully saturated rings. The number of thiol groups is 1. The second kappa shape index (κ2) is 7.63. The van der Waals surface area contributed by atoms with E-state index in [1.165, 1.54) is 11.0 Å². The van der Waals surface area contributed by atoms with Crippen LogP contribution in [0.3, 0.4) is 0 Å². The van der Waals surface area contributed by atoms with Crippen LogP contribution in [0.15, 0.2) is 17.8 Å². The van der Waals surface area contributed by atoms with Crippen molar-refractivity contribution in [3.63, 3.8) is 0 Å². The molecule has 0 aromatic rings. The van der Waals surface area contributed by atoms with Gasteiger partial charge in [0.1, 0.15) is 6.61 Å². The van der Waals surface area contributed by atoms with Crippen LogP contribution in [-0.2, 0) is 4.74 Å². The van der Waals surface area contributed by atoms with E-state index < -0.39 is 12.1 Å². The Morgan fingerprint density at radius 1 is 1.65 bits per heavy atom. The number of hydrogen-bond acceptors (Lipinski definition) is 6. The molecule has 0 unspecified atom stereocenters. The summed E-state index contributed by atoms with van der Waals surface area (Å²) in [6, 6.07) is -1.12. The van der Waals surface area contributed by atoms with Gasteiger partial charge in [-0.1, -0.05) is 17.8 Å². The van der Waals surface area contributed by atoms with Crippen LogP contribution < -0.4 is 11.1 Å². The molecule has 0 spiro atoms. The highest BCUT2D eigenvalue weighted by molar-refractivity contribution is 7.81. The molecule has 0 aromatic carbocycles. The number of nitrogens with one attached hydrogen (secondary N) is 1. The number of primary amides is 1. The van der Waals surface area contributed by atoms with Crippen LogP contribution >= 0.6 is 12.6 Å². The largest absolute Gasteiger partial charge is 0.445 e. The van der Waals surface area contributed by atoms with Crippen LogP contribution in [0.25, 0.3) is 0 Å². The number of carbonyl (C=O) groups is 2. The number of amidine groups is 1. The third-order valence-corrected chi connectivity index (χ3v) is 3.14. The van der Waals surface area contributed by atoms with Crippen molar-refractivity contribution in [2.75, 3.05) is 13.2 Å². The van der Waals surface area contributed by atoms with Gasteiger partial charge >= 0.3 is 12.1 Å². The molecular formula is C11H18N4O4S. The van der Waals surface area contributed by atoms with E-state index in [-0.39, 0.29) is 30.2 Å². The molecule has 1 aliphatic heterocycles. The molecule has 0 saturated carbocycles. The van der Waals surface area contributed by atoms with Gasteiger partial charge in [0, 0.05) is 24.3 Å². The van der Waals surface area contributed by atoms with E-state index in [9.17, 15) is 9.59 Å². The van der Waals surface area contributed by atoms with Crippen LogP contribution in [0.1, 0.15) is 12.8 Å². The molecule has 1 saturated heterocycles. The van der Waals surface area contributed by atoms with E-state index in [0.29, 0.717) is 13.0 Å². The summed E-state index contributed by atoms with van der Waals surface area (Å²) in [7, 11) is 0. The Balaban J connectivity index is 2.67. The number of ether oxygens (including phenoxy) is 1. The summed E-state index contributed by atoms with van der Waals surface area (Å²) in [6.45, 7) is 3.99. The van der Waals surface area contributed by atoms with Crippen molar-refractivity contribution >= 4 is 30.6 Å². The van der Waals surface area contributed by atoms with E-state index >= 15 is 0 Å². The van der Waals surface area contributed by atoms with Gasteiger partial charge in [-0.15, -0.1) is 0 Å². The van der Waals surface area contributed by atoms with Gasteiger partial charge < -0.3 is 20.6 Å². The molecule has 0 radical (unpaired) electrons. The van der Waals surface area contributed by atoms with Crippen LogP contribution in [0.5, 0.6) is 0 Å². The van der Waals surface area contributed by atoms with Gasteiger partial charge in [0.05, 0.1) is 0 Å². The van der Waals surface area contributed by atoms with Gasteiger partial charge in [-0.25, -0.2) is 9.59 Å². The number of oxime groups is 1. The van der Waals surface area contributed by atoms with E-state index in [2.05, 4.69) is 29.7 Å². The number of hydrogen-bond donors (Lipinski definition) is 4. The monoisotopic (exact) mass is 302 g/mol. The van der Waals surface area contributed by atoms with Gasteiger partial charge in [-0.05, 0) is 6.42 Å². The Labute approximate surface area is 122 Å². The Bertz CT molecular complexity index is 415. The summed E-state index contributed by atoms with van der Waals surface area (Å²) in [6.07, 6.45) is 1.71. The fourth-order valence-electron chi connectivity index (χ4n) is 2.00. The standard InChI is InChI=1S/C11H18N4O4S/c1-2-3-19-11(17)15-6-8(20)4-7(15)5-9(14-18)13-10(12)16/h2,7-8,18,20H,1,3-6H2,(H3,12,13,14,16)/t7-,8-/m0/s1. The maximum Gasteiger partial charge on any atom is 0.410 e. The SMILES string of the molecule is C=CCOC(=O)N1C[C@@H](S)C[C@H]1C/C(=N/O)NC(N)=O. The summed E-state index contributed by atoms with van der Waals surface area (Å²) < 4.78 is 4.97. The highest BCUT2D eigenvalue weighted by atomic mass is 32.1. The van der Waals surface area contributed by atoms with Gasteiger partial charge in [0.25, 0.3) is 0 Å². The van der Waals surface area contributed by atoms with Crippen molar-refractivity contribution in [3.05, 3.63) is 12.7 Å². The molecule has 112 valence electrons. The van der Waals surface area contributed by atoms with Crippen molar-refractivity contribution in [2.24, 2.45) is 10.9 Å². The number of likely N-dealkylation sites (tertiary alicyclic amines) is 1. The van der Waals surface area contributed by atoms with Crippen molar-refractivity contribution in [1.82, 2.24) is 10.2 Å². The number of carbonyl (C=O) groups excluding carboxylic acids is 2. The van der Waals surface area contributed by atoms with Crippen LogP contribution in [0.2, 0.25) is 0 Å². The minimum Gasteiger partial charge on any atom is -0.445 e. The summed E-state index contributed by atoms with van der Waals surface area (Å²) in [4.78, 5) is 24.1. The van der Waals surface area contributed by atoms with Crippen molar-refractivity contribution in [2.45, 2.75) is 24.1 Å². The molecule has 0 bridgehead atoms. The molecule has 4 N–H and O–H groups in total. The predicted molar refractivity (Wildman–Crippen MR) is 76.0 cm³/mol. The minimum atomic E-state index is -0.834. The Hall–Kier alpha value is -1.90. The lowest BCUT2D eigenvalue weighted by Crippen LogP contribution is -2.42. The summed E-state index contributed by atoms with van der Waals surface area (Å²) in [5, 5.41) is 14.0. The van der Waals surface area contributed by atoms with Crippen LogP contribution in [-0.4, -0.2) is 52.5 Å². The average molecular weight is 302 g/mol. The van der Waals surface area contributed by atoms with Crippen molar-refractivity contribution in [1.29, 1.82) is 0 Å². The maximum atomic E-state index is 11.9. The molecule has 1 heterocycles. The number of rotatable bonds is 4. The summed E-state index contributed by atoms with van der Waals surface area (Å²) >= 11 is 4.33. The first-order valence-electron chi connectivity index (χ1n) is 5.97. The molecule has 9 heteroatoms. The van der Waals surface area contributed by atoms with Gasteiger partial charge in [-0.3, -0.25) is 5.32 Å². The van der Waals surface area contributed by atoms with E-state index in [1.807, 2.05) is 0 Å². The third-order valence-electron chi connectivity index (χ3n) is 2.77. The third kappa shape index (κ3) is 4.65. The molecule has 3 amide bonds. The lowest BCUT2D eigenvalue weighted by atomic mass is 10.1. The van der Waals surface area contributed by atoms with Crippen LogP contribution in [0.4, 0.5) is 9.59 Å². The van der Waals surface area contributed by atoms with E-state index in [1.54, 1.807) is 0 Å². The van der Waals surface area contributed by atoms with E-state index in [0.717, 1.165) is 0 Å². The van der Waals surface area contributed by atoms with Crippen molar-refractivity contribution < 1.29 is 19.5 Å². The smallest absolute Gasteiger partial charge is 0.410 e. The first kappa shape index (κ1) is 16.2. The van der Waals surface area contributed by atoms with Gasteiger partial charge in [0.15, 0.2) is 5.84 Å². The first-order chi connectivity index (χ1) is 9.47. The Kier molecular flexibility index (Phi) is 6.16. The second-order valence-electron chi connectivity index (χ2n) is 4.30. The highest BCUT2D eigenvalue weighted by Crippen LogP contribution is 2.25. The minimum absolute atomic E-state index is 0.00791. The molecule has 1 aliphatic rings. The quantitative estimate of drug-likeness (QED) is 0.151. The zero-order chi connectivity index (χ0) is 15.1. The lowest BCUT2D eigenvalue weighted by molar-refractivity contribution is 0.109. The molecule has 8 nitrogen and oxygen atoms in total. The molecule has 0 aromatic heterocycles. The number of nitrogens with two attached hydrogens (primary N) is 1. The van der Waals surface area contributed by atoms with E-state index in [4.69, 9.17) is 15.7 Å².